The van der Waals surface area contributed by atoms with E-state index in [-0.39, 0.29) is 24.5 Å². The lowest BCUT2D eigenvalue weighted by Gasteiger charge is -2.36. The van der Waals surface area contributed by atoms with Gasteiger partial charge in [-0.25, -0.2) is 9.67 Å². The van der Waals surface area contributed by atoms with Gasteiger partial charge in [0, 0.05) is 36.5 Å². The van der Waals surface area contributed by atoms with Gasteiger partial charge in [0.1, 0.15) is 17.6 Å². The predicted molar refractivity (Wildman–Crippen MR) is 134 cm³/mol. The minimum Gasteiger partial charge on any atom is -0.435 e. The molecule has 0 spiro atoms. The summed E-state index contributed by atoms with van der Waals surface area (Å²) >= 11 is 0. The molecule has 0 bridgehead atoms. The molecule has 2 aliphatic heterocycles. The second kappa shape index (κ2) is 10.5. The number of fused-ring (bicyclic) bond motifs is 1. The van der Waals surface area contributed by atoms with Crippen LogP contribution in [0.3, 0.4) is 0 Å². The fraction of sp³-hybridized carbons (Fsp3) is 0.370. The Morgan fingerprint density at radius 3 is 2.95 bits per heavy atom. The standard InChI is InChI=1S/C27H27F2N5O4/c28-27(29)38-19-5-3-4-17(12-19)23-16-36-11-9-33(23)26(35)21-14-30-25-20(21)7-8-22(32-25)18-13-31-34(15-18)24-6-1-2-10-37-24/h3-5,7-8,12-15,23-24,27H,1-2,6,9-11,16H2,(H,30,32)/t23-,24?/m1/s1. The van der Waals surface area contributed by atoms with Crippen molar-refractivity contribution in [1.82, 2.24) is 24.6 Å². The van der Waals surface area contributed by atoms with Crippen molar-refractivity contribution >= 4 is 16.9 Å². The van der Waals surface area contributed by atoms with Gasteiger partial charge in [-0.15, -0.1) is 0 Å². The molecule has 1 N–H and O–H groups in total. The zero-order chi connectivity index (χ0) is 26.1. The average Bonchev–Trinajstić information content (AvgIpc) is 3.61. The van der Waals surface area contributed by atoms with Gasteiger partial charge in [-0.1, -0.05) is 12.1 Å². The summed E-state index contributed by atoms with van der Waals surface area (Å²) in [6, 6.07) is 9.69. The third-order valence-corrected chi connectivity index (χ3v) is 6.97. The Kier molecular flexibility index (Phi) is 6.77. The topological polar surface area (TPSA) is 94.5 Å². The normalized spacial score (nSPS) is 20.2. The van der Waals surface area contributed by atoms with Crippen LogP contribution in [-0.2, 0) is 9.47 Å². The molecule has 11 heteroatoms. The summed E-state index contributed by atoms with van der Waals surface area (Å²) in [5.74, 6) is -0.154. The summed E-state index contributed by atoms with van der Waals surface area (Å²) in [6.45, 7) is -1.19. The molecule has 1 aromatic carbocycles. The molecular formula is C27H27F2N5O4. The first-order valence-corrected chi connectivity index (χ1v) is 12.6. The van der Waals surface area contributed by atoms with Gasteiger partial charge >= 0.3 is 6.61 Å². The molecule has 9 nitrogen and oxygen atoms in total. The molecule has 2 atom stereocenters. The van der Waals surface area contributed by atoms with Crippen molar-refractivity contribution in [2.75, 3.05) is 26.4 Å². The molecule has 5 heterocycles. The van der Waals surface area contributed by atoms with Gasteiger partial charge in [0.05, 0.1) is 36.7 Å². The number of morpholine rings is 1. The number of aromatic amines is 1. The Morgan fingerprint density at radius 2 is 2.11 bits per heavy atom. The van der Waals surface area contributed by atoms with Crippen molar-refractivity contribution in [2.24, 2.45) is 0 Å². The number of aromatic nitrogens is 4. The lowest BCUT2D eigenvalue weighted by molar-refractivity contribution is -0.0501. The molecule has 198 valence electrons. The summed E-state index contributed by atoms with van der Waals surface area (Å²) in [4.78, 5) is 23.3. The van der Waals surface area contributed by atoms with Crippen molar-refractivity contribution in [3.05, 3.63) is 66.1 Å². The Labute approximate surface area is 217 Å². The Hall–Kier alpha value is -3.83. The maximum absolute atomic E-state index is 13.7. The van der Waals surface area contributed by atoms with E-state index in [0.717, 1.165) is 37.1 Å². The summed E-state index contributed by atoms with van der Waals surface area (Å²) < 4.78 is 43.3. The number of hydrogen-bond donors (Lipinski definition) is 1. The van der Waals surface area contributed by atoms with Gasteiger partial charge in [-0.3, -0.25) is 4.79 Å². The third kappa shape index (κ3) is 4.86. The molecule has 3 aromatic heterocycles. The summed E-state index contributed by atoms with van der Waals surface area (Å²) in [7, 11) is 0. The van der Waals surface area contributed by atoms with E-state index in [2.05, 4.69) is 14.8 Å². The predicted octanol–water partition coefficient (Wildman–Crippen LogP) is 4.94. The Morgan fingerprint density at radius 1 is 1.18 bits per heavy atom. The minimum absolute atomic E-state index is 0.0395. The molecule has 1 unspecified atom stereocenters. The average molecular weight is 524 g/mol. The zero-order valence-electron chi connectivity index (χ0n) is 20.6. The second-order valence-electron chi connectivity index (χ2n) is 9.37. The Bertz CT molecular complexity index is 1430. The van der Waals surface area contributed by atoms with Gasteiger partial charge in [-0.05, 0) is 49.1 Å². The molecule has 4 aromatic rings. The first-order chi connectivity index (χ1) is 18.6. The number of alkyl halides is 2. The van der Waals surface area contributed by atoms with Gasteiger partial charge < -0.3 is 24.1 Å². The van der Waals surface area contributed by atoms with Gasteiger partial charge in [0.2, 0.25) is 0 Å². The van der Waals surface area contributed by atoms with Crippen molar-refractivity contribution in [3.8, 4) is 17.0 Å². The van der Waals surface area contributed by atoms with Crippen LogP contribution in [0.5, 0.6) is 5.75 Å². The zero-order valence-corrected chi connectivity index (χ0v) is 20.6. The maximum Gasteiger partial charge on any atom is 0.387 e. The lowest BCUT2D eigenvalue weighted by atomic mass is 10.0. The summed E-state index contributed by atoms with van der Waals surface area (Å²) in [5, 5.41) is 5.16. The highest BCUT2D eigenvalue weighted by Crippen LogP contribution is 2.31. The fourth-order valence-electron chi connectivity index (χ4n) is 5.08. The van der Waals surface area contributed by atoms with Crippen LogP contribution in [0.25, 0.3) is 22.3 Å². The van der Waals surface area contributed by atoms with E-state index in [4.69, 9.17) is 14.5 Å². The molecule has 0 aliphatic carbocycles. The molecule has 0 radical (unpaired) electrons. The number of benzene rings is 1. The molecule has 0 saturated carbocycles. The molecule has 38 heavy (non-hydrogen) atoms. The first-order valence-electron chi connectivity index (χ1n) is 12.6. The van der Waals surface area contributed by atoms with E-state index in [0.29, 0.717) is 35.3 Å². The van der Waals surface area contributed by atoms with Gasteiger partial charge in [0.25, 0.3) is 5.91 Å². The number of rotatable bonds is 6. The fourth-order valence-corrected chi connectivity index (χ4v) is 5.08. The molecule has 2 fully saturated rings. The quantitative estimate of drug-likeness (QED) is 0.385. The van der Waals surface area contributed by atoms with Crippen molar-refractivity contribution in [1.29, 1.82) is 0 Å². The smallest absolute Gasteiger partial charge is 0.387 e. The molecular weight excluding hydrogens is 496 g/mol. The number of pyridine rings is 1. The van der Waals surface area contributed by atoms with Crippen molar-refractivity contribution < 1.29 is 27.8 Å². The largest absolute Gasteiger partial charge is 0.435 e. The highest BCUT2D eigenvalue weighted by molar-refractivity contribution is 6.06. The van der Waals surface area contributed by atoms with Crippen molar-refractivity contribution in [3.63, 3.8) is 0 Å². The van der Waals surface area contributed by atoms with E-state index in [1.54, 1.807) is 29.4 Å². The lowest BCUT2D eigenvalue weighted by Crippen LogP contribution is -2.43. The van der Waals surface area contributed by atoms with Crippen LogP contribution in [-0.4, -0.2) is 63.5 Å². The van der Waals surface area contributed by atoms with Crippen LogP contribution in [0.15, 0.2) is 55.0 Å². The second-order valence-corrected chi connectivity index (χ2v) is 9.37. The van der Waals surface area contributed by atoms with E-state index in [9.17, 15) is 13.6 Å². The number of halogens is 2. The number of nitrogens with zero attached hydrogens (tertiary/aromatic N) is 4. The number of amides is 1. The van der Waals surface area contributed by atoms with Crippen LogP contribution in [0.4, 0.5) is 8.78 Å². The van der Waals surface area contributed by atoms with Crippen molar-refractivity contribution in [2.45, 2.75) is 38.1 Å². The summed E-state index contributed by atoms with van der Waals surface area (Å²) in [6.07, 6.45) is 8.42. The first kappa shape index (κ1) is 24.5. The molecule has 2 saturated heterocycles. The third-order valence-electron chi connectivity index (χ3n) is 6.97. The van der Waals surface area contributed by atoms with Gasteiger partial charge in [0.15, 0.2) is 0 Å². The molecule has 1 amide bonds. The maximum atomic E-state index is 13.7. The number of carbonyl (C=O) groups excluding carboxylic acids is 1. The summed E-state index contributed by atoms with van der Waals surface area (Å²) in [5.41, 5.74) is 3.33. The number of hydrogen-bond acceptors (Lipinski definition) is 6. The van der Waals surface area contributed by atoms with E-state index < -0.39 is 12.7 Å². The Balaban J connectivity index is 1.25. The highest BCUT2D eigenvalue weighted by atomic mass is 19.3. The van der Waals surface area contributed by atoms with Crippen LogP contribution >= 0.6 is 0 Å². The number of ether oxygens (including phenoxy) is 3. The monoisotopic (exact) mass is 523 g/mol. The SMILES string of the molecule is O=C(c1c[nH]c2nc(-c3cnn(C4CCCCO4)c3)ccc12)N1CCOC[C@@H]1c1cccc(OC(F)F)c1. The van der Waals surface area contributed by atoms with E-state index >= 15 is 0 Å². The minimum atomic E-state index is -2.93. The molecule has 2 aliphatic rings. The number of nitrogens with one attached hydrogen (secondary N) is 1. The van der Waals surface area contributed by atoms with E-state index in [1.807, 2.05) is 23.0 Å². The highest BCUT2D eigenvalue weighted by Gasteiger charge is 2.31. The van der Waals surface area contributed by atoms with Gasteiger partial charge in [-0.2, -0.15) is 13.9 Å². The van der Waals surface area contributed by atoms with Crippen LogP contribution < -0.4 is 4.74 Å². The van der Waals surface area contributed by atoms with Crippen LogP contribution in [0, 0.1) is 0 Å². The number of carbonyl (C=O) groups is 1. The molecule has 6 rings (SSSR count). The number of H-pyrrole nitrogens is 1. The van der Waals surface area contributed by atoms with E-state index in [1.165, 1.54) is 12.1 Å². The van der Waals surface area contributed by atoms with Crippen LogP contribution in [0.2, 0.25) is 0 Å². The van der Waals surface area contributed by atoms with Crippen LogP contribution in [0.1, 0.15) is 47.5 Å².